The third-order valence-electron chi connectivity index (χ3n) is 5.92. The number of hydrogen-bond donors (Lipinski definition) is 0. The van der Waals surface area contributed by atoms with Crippen LogP contribution in [0.5, 0.6) is 0 Å². The smallest absolute Gasteiger partial charge is 0.230 e. The van der Waals surface area contributed by atoms with Gasteiger partial charge in [-0.05, 0) is 44.2 Å². The van der Waals surface area contributed by atoms with E-state index in [0.29, 0.717) is 11.9 Å². The Labute approximate surface area is 132 Å². The van der Waals surface area contributed by atoms with Crippen molar-refractivity contribution in [2.75, 3.05) is 24.5 Å². The molecular formula is C18H25N3O. The van der Waals surface area contributed by atoms with E-state index in [1.807, 2.05) is 12.4 Å². The van der Waals surface area contributed by atoms with E-state index in [-0.39, 0.29) is 5.41 Å². The summed E-state index contributed by atoms with van der Waals surface area (Å²) < 4.78 is 0. The van der Waals surface area contributed by atoms with Crippen LogP contribution < -0.4 is 4.90 Å². The van der Waals surface area contributed by atoms with Gasteiger partial charge in [0.2, 0.25) is 5.91 Å². The van der Waals surface area contributed by atoms with Crippen LogP contribution in [0.4, 0.5) is 5.69 Å². The van der Waals surface area contributed by atoms with E-state index in [1.165, 1.54) is 37.8 Å². The molecular weight excluding hydrogens is 274 g/mol. The zero-order chi connectivity index (χ0) is 15.0. The maximum Gasteiger partial charge on any atom is 0.230 e. The highest BCUT2D eigenvalue weighted by molar-refractivity contribution is 5.85. The largest absolute Gasteiger partial charge is 0.370 e. The third-order valence-corrected chi connectivity index (χ3v) is 5.92. The van der Waals surface area contributed by atoms with Gasteiger partial charge in [0.25, 0.3) is 0 Å². The van der Waals surface area contributed by atoms with Gasteiger partial charge in [0.05, 0.1) is 5.41 Å². The summed E-state index contributed by atoms with van der Waals surface area (Å²) in [4.78, 5) is 21.9. The molecule has 4 heteroatoms. The number of amides is 1. The first kappa shape index (κ1) is 14.0. The van der Waals surface area contributed by atoms with E-state index in [2.05, 4.69) is 26.9 Å². The molecule has 1 aromatic heterocycles. The molecule has 1 aromatic rings. The number of pyridine rings is 1. The van der Waals surface area contributed by atoms with Crippen LogP contribution in [0.15, 0.2) is 24.5 Å². The van der Waals surface area contributed by atoms with Crippen molar-refractivity contribution in [3.8, 4) is 0 Å². The summed E-state index contributed by atoms with van der Waals surface area (Å²) in [7, 11) is 0. The van der Waals surface area contributed by atoms with Gasteiger partial charge < -0.3 is 9.80 Å². The second-order valence-corrected chi connectivity index (χ2v) is 7.20. The highest BCUT2D eigenvalue weighted by Crippen LogP contribution is 2.43. The molecule has 22 heavy (non-hydrogen) atoms. The van der Waals surface area contributed by atoms with E-state index in [4.69, 9.17) is 0 Å². The number of aromatic nitrogens is 1. The van der Waals surface area contributed by atoms with Crippen molar-refractivity contribution in [2.45, 2.75) is 51.0 Å². The number of piperidine rings is 1. The highest BCUT2D eigenvalue weighted by atomic mass is 16.2. The van der Waals surface area contributed by atoms with Crippen molar-refractivity contribution in [1.82, 2.24) is 9.88 Å². The molecule has 2 aliphatic heterocycles. The lowest BCUT2D eigenvalue weighted by molar-refractivity contribution is -0.147. The van der Waals surface area contributed by atoms with Crippen LogP contribution in [-0.2, 0) is 4.79 Å². The Balaban J connectivity index is 1.52. The number of hydrogen-bond acceptors (Lipinski definition) is 3. The van der Waals surface area contributed by atoms with Crippen molar-refractivity contribution in [3.05, 3.63) is 24.5 Å². The maximum absolute atomic E-state index is 13.2. The molecule has 1 spiro atoms. The second kappa shape index (κ2) is 5.56. The summed E-state index contributed by atoms with van der Waals surface area (Å²) in [5.74, 6) is 0.446. The lowest BCUT2D eigenvalue weighted by atomic mass is 9.77. The van der Waals surface area contributed by atoms with Crippen LogP contribution in [0.3, 0.4) is 0 Å². The summed E-state index contributed by atoms with van der Waals surface area (Å²) in [5, 5.41) is 0. The van der Waals surface area contributed by atoms with Gasteiger partial charge in [-0.1, -0.05) is 12.8 Å². The van der Waals surface area contributed by atoms with Gasteiger partial charge in [-0.15, -0.1) is 0 Å². The summed E-state index contributed by atoms with van der Waals surface area (Å²) >= 11 is 0. The van der Waals surface area contributed by atoms with Crippen LogP contribution in [0, 0.1) is 5.41 Å². The quantitative estimate of drug-likeness (QED) is 0.842. The Kier molecular flexibility index (Phi) is 3.55. The van der Waals surface area contributed by atoms with E-state index in [1.54, 1.807) is 0 Å². The average molecular weight is 299 g/mol. The Morgan fingerprint density at radius 3 is 2.59 bits per heavy atom. The fourth-order valence-electron chi connectivity index (χ4n) is 4.69. The van der Waals surface area contributed by atoms with Crippen molar-refractivity contribution < 1.29 is 4.79 Å². The Hall–Kier alpha value is -1.58. The number of rotatable bonds is 2. The molecule has 2 saturated heterocycles. The predicted molar refractivity (Wildman–Crippen MR) is 86.7 cm³/mol. The number of nitrogens with zero attached hydrogens (tertiary/aromatic N) is 3. The fourth-order valence-corrected chi connectivity index (χ4v) is 4.69. The molecule has 0 N–H and O–H groups in total. The standard InChI is InChI=1S/C18H25N3O/c22-17-18(8-3-12-21(17)16-4-1-2-5-16)9-13-20(14-18)15-6-10-19-11-7-15/h6-7,10-11,16H,1-5,8-9,12-14H2. The minimum atomic E-state index is -0.121. The van der Waals surface area contributed by atoms with Crippen molar-refractivity contribution in [2.24, 2.45) is 5.41 Å². The van der Waals surface area contributed by atoms with Crippen LogP contribution in [0.2, 0.25) is 0 Å². The summed E-state index contributed by atoms with van der Waals surface area (Å²) in [6, 6.07) is 4.64. The predicted octanol–water partition coefficient (Wildman–Crippen LogP) is 2.84. The fraction of sp³-hybridized carbons (Fsp3) is 0.667. The second-order valence-electron chi connectivity index (χ2n) is 7.20. The lowest BCUT2D eigenvalue weighted by Gasteiger charge is -2.42. The Morgan fingerprint density at radius 2 is 1.82 bits per heavy atom. The van der Waals surface area contributed by atoms with Gasteiger partial charge >= 0.3 is 0 Å². The number of carbonyl (C=O) groups is 1. The molecule has 1 amide bonds. The number of likely N-dealkylation sites (tertiary alicyclic amines) is 1. The van der Waals surface area contributed by atoms with Crippen LogP contribution in [0.1, 0.15) is 44.9 Å². The molecule has 0 aromatic carbocycles. The highest BCUT2D eigenvalue weighted by Gasteiger charge is 2.49. The van der Waals surface area contributed by atoms with Gasteiger partial charge in [-0.3, -0.25) is 9.78 Å². The SMILES string of the molecule is O=C1N(C2CCCC2)CCCC12CCN(c1ccncc1)C2. The zero-order valence-corrected chi connectivity index (χ0v) is 13.2. The first-order valence-corrected chi connectivity index (χ1v) is 8.75. The summed E-state index contributed by atoms with van der Waals surface area (Å²) in [6.45, 7) is 2.87. The molecule has 118 valence electrons. The molecule has 1 aliphatic carbocycles. The maximum atomic E-state index is 13.2. The summed E-state index contributed by atoms with van der Waals surface area (Å²) in [6.07, 6.45) is 12.0. The van der Waals surface area contributed by atoms with E-state index >= 15 is 0 Å². The minimum absolute atomic E-state index is 0.121. The molecule has 1 saturated carbocycles. The third kappa shape index (κ3) is 2.29. The summed E-state index contributed by atoms with van der Waals surface area (Å²) in [5.41, 5.74) is 1.09. The molecule has 3 fully saturated rings. The first-order valence-electron chi connectivity index (χ1n) is 8.75. The topological polar surface area (TPSA) is 36.4 Å². The molecule has 1 atom stereocenters. The lowest BCUT2D eigenvalue weighted by Crippen LogP contribution is -2.53. The molecule has 4 rings (SSSR count). The van der Waals surface area contributed by atoms with Gasteiger partial charge in [0, 0.05) is 43.8 Å². The molecule has 3 aliphatic rings. The van der Waals surface area contributed by atoms with Gasteiger partial charge in [0.1, 0.15) is 0 Å². The molecule has 4 nitrogen and oxygen atoms in total. The van der Waals surface area contributed by atoms with Crippen LogP contribution >= 0.6 is 0 Å². The van der Waals surface area contributed by atoms with Gasteiger partial charge in [-0.2, -0.15) is 0 Å². The monoisotopic (exact) mass is 299 g/mol. The van der Waals surface area contributed by atoms with Crippen molar-refractivity contribution in [3.63, 3.8) is 0 Å². The number of anilines is 1. The number of carbonyl (C=O) groups excluding carboxylic acids is 1. The van der Waals surface area contributed by atoms with Crippen molar-refractivity contribution in [1.29, 1.82) is 0 Å². The molecule has 0 bridgehead atoms. The van der Waals surface area contributed by atoms with E-state index in [0.717, 1.165) is 32.5 Å². The van der Waals surface area contributed by atoms with E-state index in [9.17, 15) is 4.79 Å². The Morgan fingerprint density at radius 1 is 1.05 bits per heavy atom. The Bertz CT molecular complexity index is 541. The van der Waals surface area contributed by atoms with Gasteiger partial charge in [-0.25, -0.2) is 0 Å². The molecule has 0 radical (unpaired) electrons. The van der Waals surface area contributed by atoms with Gasteiger partial charge in [0.15, 0.2) is 0 Å². The average Bonchev–Trinajstić information content (AvgIpc) is 3.22. The first-order chi connectivity index (χ1) is 10.8. The van der Waals surface area contributed by atoms with Crippen LogP contribution in [-0.4, -0.2) is 41.5 Å². The molecule has 1 unspecified atom stereocenters. The minimum Gasteiger partial charge on any atom is -0.370 e. The normalized spacial score (nSPS) is 29.7. The molecule has 3 heterocycles. The van der Waals surface area contributed by atoms with E-state index < -0.39 is 0 Å². The van der Waals surface area contributed by atoms with Crippen LogP contribution in [0.25, 0.3) is 0 Å². The van der Waals surface area contributed by atoms with Crippen molar-refractivity contribution >= 4 is 11.6 Å². The zero-order valence-electron chi connectivity index (χ0n) is 13.2.